The number of aromatic hydroxyl groups is 2. The Kier molecular flexibility index (Phi) is 2.89. The molecular formula is C14H16N2O3. The minimum Gasteiger partial charge on any atom is -0.508 e. The summed E-state index contributed by atoms with van der Waals surface area (Å²) in [5.41, 5.74) is 0.366. The molecule has 1 aromatic carbocycles. The number of hydrogen-bond acceptors (Lipinski definition) is 5. The van der Waals surface area contributed by atoms with Gasteiger partial charge in [-0.1, -0.05) is 12.1 Å². The first-order chi connectivity index (χ1) is 9.13. The van der Waals surface area contributed by atoms with Gasteiger partial charge >= 0.3 is 0 Å². The van der Waals surface area contributed by atoms with E-state index in [1.165, 1.54) is 24.6 Å². The summed E-state index contributed by atoms with van der Waals surface area (Å²) in [6, 6.07) is 4.24. The maximum Gasteiger partial charge on any atom is 0.261 e. The van der Waals surface area contributed by atoms with E-state index < -0.39 is 0 Å². The van der Waals surface area contributed by atoms with Crippen molar-refractivity contribution in [3.63, 3.8) is 0 Å². The highest BCUT2D eigenvalue weighted by Crippen LogP contribution is 2.38. The van der Waals surface area contributed by atoms with Gasteiger partial charge in [-0.2, -0.15) is 4.98 Å². The molecule has 2 atom stereocenters. The number of aromatic nitrogens is 2. The quantitative estimate of drug-likeness (QED) is 0.811. The Labute approximate surface area is 110 Å². The zero-order chi connectivity index (χ0) is 13.4. The smallest absolute Gasteiger partial charge is 0.261 e. The van der Waals surface area contributed by atoms with Crippen molar-refractivity contribution >= 4 is 0 Å². The Balaban J connectivity index is 1.90. The van der Waals surface area contributed by atoms with Gasteiger partial charge < -0.3 is 14.7 Å². The molecule has 5 heteroatoms. The largest absolute Gasteiger partial charge is 0.508 e. The first-order valence-electron chi connectivity index (χ1n) is 6.49. The SMILES string of the molecule is CC1CCC(c2noc(-c3cc(O)ccc3O)n2)C1. The van der Waals surface area contributed by atoms with Gasteiger partial charge in [0.1, 0.15) is 11.5 Å². The molecule has 1 aromatic heterocycles. The van der Waals surface area contributed by atoms with Crippen molar-refractivity contribution in [3.05, 3.63) is 24.0 Å². The Morgan fingerprint density at radius 3 is 2.84 bits per heavy atom. The highest BCUT2D eigenvalue weighted by atomic mass is 16.5. The van der Waals surface area contributed by atoms with E-state index in [9.17, 15) is 10.2 Å². The van der Waals surface area contributed by atoms with Crippen LogP contribution in [0.5, 0.6) is 11.5 Å². The summed E-state index contributed by atoms with van der Waals surface area (Å²) in [6.45, 7) is 2.22. The van der Waals surface area contributed by atoms with Crippen LogP contribution in [0.25, 0.3) is 11.5 Å². The van der Waals surface area contributed by atoms with Crippen LogP contribution in [0.4, 0.5) is 0 Å². The molecule has 1 saturated carbocycles. The number of benzene rings is 1. The second-order valence-electron chi connectivity index (χ2n) is 5.27. The number of rotatable bonds is 2. The minimum absolute atomic E-state index is 0.0211. The monoisotopic (exact) mass is 260 g/mol. The average molecular weight is 260 g/mol. The van der Waals surface area contributed by atoms with Gasteiger partial charge in [-0.15, -0.1) is 0 Å². The van der Waals surface area contributed by atoms with E-state index in [4.69, 9.17) is 4.52 Å². The first-order valence-corrected chi connectivity index (χ1v) is 6.49. The van der Waals surface area contributed by atoms with Crippen LogP contribution in [-0.4, -0.2) is 20.4 Å². The van der Waals surface area contributed by atoms with Crippen molar-refractivity contribution in [1.29, 1.82) is 0 Å². The van der Waals surface area contributed by atoms with Crippen molar-refractivity contribution in [2.75, 3.05) is 0 Å². The molecule has 0 amide bonds. The standard InChI is InChI=1S/C14H16N2O3/c1-8-2-3-9(6-8)13-15-14(19-16-13)11-7-10(17)4-5-12(11)18/h4-5,7-9,17-18H,2-3,6H2,1H3. The molecule has 2 unspecified atom stereocenters. The summed E-state index contributed by atoms with van der Waals surface area (Å²) in [4.78, 5) is 4.35. The van der Waals surface area contributed by atoms with E-state index in [1.807, 2.05) is 0 Å². The predicted molar refractivity (Wildman–Crippen MR) is 68.8 cm³/mol. The molecule has 1 fully saturated rings. The highest BCUT2D eigenvalue weighted by molar-refractivity contribution is 5.64. The van der Waals surface area contributed by atoms with Crippen LogP contribution in [0.15, 0.2) is 22.7 Å². The molecule has 0 aliphatic heterocycles. The highest BCUT2D eigenvalue weighted by Gasteiger charge is 2.27. The van der Waals surface area contributed by atoms with Gasteiger partial charge in [0.25, 0.3) is 5.89 Å². The van der Waals surface area contributed by atoms with Crippen LogP contribution in [0.1, 0.15) is 37.9 Å². The lowest BCUT2D eigenvalue weighted by Gasteiger charge is -2.02. The second kappa shape index (κ2) is 4.57. The van der Waals surface area contributed by atoms with Gasteiger partial charge in [-0.25, -0.2) is 0 Å². The fourth-order valence-electron chi connectivity index (χ4n) is 2.65. The van der Waals surface area contributed by atoms with Crippen molar-refractivity contribution < 1.29 is 14.7 Å². The second-order valence-corrected chi connectivity index (χ2v) is 5.27. The average Bonchev–Trinajstić information content (AvgIpc) is 3.00. The molecule has 0 bridgehead atoms. The number of hydrogen-bond donors (Lipinski definition) is 2. The number of nitrogens with zero attached hydrogens (tertiary/aromatic N) is 2. The van der Waals surface area contributed by atoms with E-state index in [1.54, 1.807) is 0 Å². The molecular weight excluding hydrogens is 244 g/mol. The van der Waals surface area contributed by atoms with Gasteiger partial charge in [-0.05, 0) is 43.4 Å². The Bertz CT molecular complexity index is 594. The summed E-state index contributed by atoms with van der Waals surface area (Å²) in [7, 11) is 0. The molecule has 2 N–H and O–H groups in total. The molecule has 0 spiro atoms. The Morgan fingerprint density at radius 1 is 1.26 bits per heavy atom. The van der Waals surface area contributed by atoms with Crippen LogP contribution >= 0.6 is 0 Å². The first kappa shape index (κ1) is 12.0. The normalized spacial score (nSPS) is 22.8. The van der Waals surface area contributed by atoms with E-state index in [0.717, 1.165) is 12.8 Å². The molecule has 1 heterocycles. The maximum atomic E-state index is 9.77. The molecule has 2 aromatic rings. The van der Waals surface area contributed by atoms with E-state index >= 15 is 0 Å². The number of phenolic OH excluding ortho intramolecular Hbond substituents is 2. The third-order valence-electron chi connectivity index (χ3n) is 3.71. The van der Waals surface area contributed by atoms with Crippen LogP contribution in [-0.2, 0) is 0 Å². The van der Waals surface area contributed by atoms with Gasteiger partial charge in [-0.3, -0.25) is 0 Å². The zero-order valence-corrected chi connectivity index (χ0v) is 10.7. The Hall–Kier alpha value is -2.04. The summed E-state index contributed by atoms with van der Waals surface area (Å²) in [5, 5.41) is 23.2. The summed E-state index contributed by atoms with van der Waals surface area (Å²) < 4.78 is 5.20. The molecule has 5 nitrogen and oxygen atoms in total. The summed E-state index contributed by atoms with van der Waals surface area (Å²) in [6.07, 6.45) is 3.34. The van der Waals surface area contributed by atoms with Crippen LogP contribution in [0.2, 0.25) is 0 Å². The minimum atomic E-state index is 0.0211. The third-order valence-corrected chi connectivity index (χ3v) is 3.71. The topological polar surface area (TPSA) is 79.4 Å². The lowest BCUT2D eigenvalue weighted by Crippen LogP contribution is -1.96. The molecule has 19 heavy (non-hydrogen) atoms. The van der Waals surface area contributed by atoms with Gasteiger partial charge in [0.15, 0.2) is 5.82 Å². The fourth-order valence-corrected chi connectivity index (χ4v) is 2.65. The van der Waals surface area contributed by atoms with E-state index in [0.29, 0.717) is 23.2 Å². The molecule has 100 valence electrons. The van der Waals surface area contributed by atoms with Crippen molar-refractivity contribution in [1.82, 2.24) is 10.1 Å². The summed E-state index contributed by atoms with van der Waals surface area (Å²) >= 11 is 0. The molecule has 1 aliphatic carbocycles. The molecule has 1 aliphatic rings. The lowest BCUT2D eigenvalue weighted by atomic mass is 10.1. The Morgan fingerprint density at radius 2 is 2.11 bits per heavy atom. The maximum absolute atomic E-state index is 9.77. The van der Waals surface area contributed by atoms with E-state index in [-0.39, 0.29) is 17.4 Å². The number of phenols is 2. The van der Waals surface area contributed by atoms with Gasteiger partial charge in [0.05, 0.1) is 5.56 Å². The van der Waals surface area contributed by atoms with Gasteiger partial charge in [0.2, 0.25) is 0 Å². The zero-order valence-electron chi connectivity index (χ0n) is 10.7. The third kappa shape index (κ3) is 2.28. The van der Waals surface area contributed by atoms with Crippen molar-refractivity contribution in [2.24, 2.45) is 5.92 Å². The van der Waals surface area contributed by atoms with Crippen molar-refractivity contribution in [2.45, 2.75) is 32.1 Å². The molecule has 3 rings (SSSR count). The predicted octanol–water partition coefficient (Wildman–Crippen LogP) is 3.05. The summed E-state index contributed by atoms with van der Waals surface area (Å²) in [5.74, 6) is 2.06. The molecule has 0 radical (unpaired) electrons. The van der Waals surface area contributed by atoms with Gasteiger partial charge in [0, 0.05) is 5.92 Å². The lowest BCUT2D eigenvalue weighted by molar-refractivity contribution is 0.409. The van der Waals surface area contributed by atoms with Crippen LogP contribution in [0, 0.1) is 5.92 Å². The van der Waals surface area contributed by atoms with Crippen LogP contribution < -0.4 is 0 Å². The fraction of sp³-hybridized carbons (Fsp3) is 0.429. The van der Waals surface area contributed by atoms with Crippen LogP contribution in [0.3, 0.4) is 0 Å². The molecule has 0 saturated heterocycles. The van der Waals surface area contributed by atoms with E-state index in [2.05, 4.69) is 17.1 Å². The van der Waals surface area contributed by atoms with Crippen molar-refractivity contribution in [3.8, 4) is 23.0 Å².